The van der Waals surface area contributed by atoms with Gasteiger partial charge in [0.15, 0.2) is 5.78 Å². The smallest absolute Gasteiger partial charge is 0.339 e. The van der Waals surface area contributed by atoms with Crippen molar-refractivity contribution in [2.75, 3.05) is 18.9 Å². The largest absolute Gasteiger partial charge is 0.462 e. The molecule has 8 heteroatoms. The van der Waals surface area contributed by atoms with Crippen molar-refractivity contribution in [1.82, 2.24) is 15.0 Å². The number of hydrogen-bond acceptors (Lipinski definition) is 8. The molecule has 0 aromatic carbocycles. The van der Waals surface area contributed by atoms with Crippen molar-refractivity contribution in [3.63, 3.8) is 0 Å². The molecule has 2 N–H and O–H groups in total. The van der Waals surface area contributed by atoms with Crippen LogP contribution in [0.5, 0.6) is 0 Å². The van der Waals surface area contributed by atoms with Crippen LogP contribution >= 0.6 is 0 Å². The first-order valence-electron chi connectivity index (χ1n) is 9.85. The molecule has 154 valence electrons. The molecule has 1 aliphatic carbocycles. The van der Waals surface area contributed by atoms with Gasteiger partial charge in [-0.05, 0) is 42.0 Å². The van der Waals surface area contributed by atoms with Gasteiger partial charge in [-0.1, -0.05) is 13.8 Å². The molecule has 1 aliphatic heterocycles. The molecule has 0 fully saturated rings. The molecule has 0 bridgehead atoms. The fourth-order valence-electron chi connectivity index (χ4n) is 4.10. The number of aliphatic imine (C=N–C) groups is 1. The summed E-state index contributed by atoms with van der Waals surface area (Å²) in [5.74, 6) is -0.317. The van der Waals surface area contributed by atoms with E-state index in [0.717, 1.165) is 22.4 Å². The molecule has 8 nitrogen and oxygen atoms in total. The normalized spacial score (nSPS) is 16.6. The SMILES string of the molecule is CCOC(=O)c1ccc(CC(=O)C2=NCC3=C2C(C)(C)Cc2cnc(N)nc23)nc1. The minimum Gasteiger partial charge on any atom is -0.462 e. The van der Waals surface area contributed by atoms with E-state index in [-0.39, 0.29) is 23.6 Å². The van der Waals surface area contributed by atoms with Gasteiger partial charge < -0.3 is 10.5 Å². The van der Waals surface area contributed by atoms with E-state index in [9.17, 15) is 9.59 Å². The van der Waals surface area contributed by atoms with Gasteiger partial charge in [0.05, 0.1) is 30.8 Å². The quantitative estimate of drug-likeness (QED) is 0.757. The number of allylic oxidation sites excluding steroid dienone is 1. The van der Waals surface area contributed by atoms with E-state index < -0.39 is 5.97 Å². The molecule has 0 atom stereocenters. The number of pyridine rings is 1. The molecule has 0 unspecified atom stereocenters. The fraction of sp³-hybridized carbons (Fsp3) is 0.364. The first-order chi connectivity index (χ1) is 14.3. The predicted octanol–water partition coefficient (Wildman–Crippen LogP) is 2.23. The summed E-state index contributed by atoms with van der Waals surface area (Å²) in [5, 5.41) is 0. The minimum atomic E-state index is -0.429. The zero-order chi connectivity index (χ0) is 21.5. The van der Waals surface area contributed by atoms with E-state index in [1.54, 1.807) is 25.3 Å². The average molecular weight is 405 g/mol. The lowest BCUT2D eigenvalue weighted by Crippen LogP contribution is -2.32. The number of ketones is 1. The number of carbonyl (C=O) groups excluding carboxylic acids is 2. The summed E-state index contributed by atoms with van der Waals surface area (Å²) in [6, 6.07) is 3.29. The van der Waals surface area contributed by atoms with Gasteiger partial charge in [-0.2, -0.15) is 0 Å². The number of aromatic nitrogens is 3. The van der Waals surface area contributed by atoms with Crippen molar-refractivity contribution in [3.05, 3.63) is 52.6 Å². The molecule has 2 aromatic heterocycles. The summed E-state index contributed by atoms with van der Waals surface area (Å²) in [6.07, 6.45) is 4.01. The molecule has 0 radical (unpaired) electrons. The third-order valence-electron chi connectivity index (χ3n) is 5.35. The van der Waals surface area contributed by atoms with Crippen molar-refractivity contribution in [2.24, 2.45) is 10.4 Å². The Morgan fingerprint density at radius 3 is 2.70 bits per heavy atom. The molecule has 4 rings (SSSR count). The lowest BCUT2D eigenvalue weighted by atomic mass is 9.70. The zero-order valence-corrected chi connectivity index (χ0v) is 17.2. The highest BCUT2D eigenvalue weighted by Gasteiger charge is 2.41. The number of ether oxygens (including phenoxy) is 1. The number of nitrogen functional groups attached to an aromatic ring is 1. The van der Waals surface area contributed by atoms with E-state index in [2.05, 4.69) is 33.8 Å². The van der Waals surface area contributed by atoms with E-state index >= 15 is 0 Å². The van der Waals surface area contributed by atoms with Gasteiger partial charge in [0.25, 0.3) is 0 Å². The Hall–Kier alpha value is -3.42. The summed E-state index contributed by atoms with van der Waals surface area (Å²) < 4.78 is 4.96. The van der Waals surface area contributed by atoms with Gasteiger partial charge >= 0.3 is 5.97 Å². The van der Waals surface area contributed by atoms with Gasteiger partial charge in [0.2, 0.25) is 5.95 Å². The molecule has 2 aromatic rings. The molecule has 0 spiro atoms. The summed E-state index contributed by atoms with van der Waals surface area (Å²) in [7, 11) is 0. The standard InChI is InChI=1S/C22H23N5O3/c1-4-30-20(29)12-5-6-14(24-9-12)7-16(28)19-17-15(11-25-19)18-13(8-22(17,2)3)10-26-21(23)27-18/h5-6,9-10H,4,7-8,11H2,1-3H3,(H2,23,26,27). The Morgan fingerprint density at radius 1 is 1.20 bits per heavy atom. The average Bonchev–Trinajstić information content (AvgIpc) is 3.16. The number of carbonyl (C=O) groups is 2. The summed E-state index contributed by atoms with van der Waals surface area (Å²) >= 11 is 0. The number of esters is 1. The number of hydrogen-bond donors (Lipinski definition) is 1. The highest BCUT2D eigenvalue weighted by molar-refractivity contribution is 6.49. The first-order valence-corrected chi connectivity index (χ1v) is 9.85. The molecule has 3 heterocycles. The van der Waals surface area contributed by atoms with Crippen LogP contribution in [-0.2, 0) is 22.4 Å². The summed E-state index contributed by atoms with van der Waals surface area (Å²) in [4.78, 5) is 42.2. The maximum atomic E-state index is 13.1. The van der Waals surface area contributed by atoms with Crippen molar-refractivity contribution in [1.29, 1.82) is 0 Å². The number of Topliss-reactive ketones (excluding diaryl/α,β-unsaturated/α-hetero) is 1. The van der Waals surface area contributed by atoms with Crippen LogP contribution in [0, 0.1) is 5.41 Å². The highest BCUT2D eigenvalue weighted by Crippen LogP contribution is 2.45. The second kappa shape index (κ2) is 7.44. The Balaban J connectivity index is 1.59. The number of nitrogens with two attached hydrogens (primary N) is 1. The monoisotopic (exact) mass is 405 g/mol. The van der Waals surface area contributed by atoms with E-state index in [1.807, 2.05) is 0 Å². The topological polar surface area (TPSA) is 120 Å². The van der Waals surface area contributed by atoms with Crippen LogP contribution in [0.3, 0.4) is 0 Å². The highest BCUT2D eigenvalue weighted by atomic mass is 16.5. The van der Waals surface area contributed by atoms with E-state index in [0.29, 0.717) is 36.5 Å². The second-order valence-corrected chi connectivity index (χ2v) is 8.04. The van der Waals surface area contributed by atoms with E-state index in [4.69, 9.17) is 10.5 Å². The van der Waals surface area contributed by atoms with Gasteiger partial charge in [0, 0.05) is 23.7 Å². The molecule has 0 amide bonds. The van der Waals surface area contributed by atoms with Gasteiger partial charge in [0.1, 0.15) is 5.71 Å². The van der Waals surface area contributed by atoms with Crippen LogP contribution < -0.4 is 5.73 Å². The maximum Gasteiger partial charge on any atom is 0.339 e. The maximum absolute atomic E-state index is 13.1. The first kappa shape index (κ1) is 19.9. The molecular formula is C22H23N5O3. The van der Waals surface area contributed by atoms with Crippen LogP contribution in [0.1, 0.15) is 48.1 Å². The van der Waals surface area contributed by atoms with Crippen molar-refractivity contribution < 1.29 is 14.3 Å². The number of fused-ring (bicyclic) bond motifs is 2. The molecule has 2 aliphatic rings. The predicted molar refractivity (Wildman–Crippen MR) is 112 cm³/mol. The lowest BCUT2D eigenvalue weighted by Gasteiger charge is -2.33. The van der Waals surface area contributed by atoms with Crippen LogP contribution in [-0.4, -0.2) is 45.6 Å². The van der Waals surface area contributed by atoms with Crippen molar-refractivity contribution in [2.45, 2.75) is 33.6 Å². The fourth-order valence-corrected chi connectivity index (χ4v) is 4.10. The molecule has 0 saturated heterocycles. The number of rotatable bonds is 5. The van der Waals surface area contributed by atoms with Crippen LogP contribution in [0.15, 0.2) is 35.1 Å². The third-order valence-corrected chi connectivity index (χ3v) is 5.35. The van der Waals surface area contributed by atoms with Crippen LogP contribution in [0.4, 0.5) is 5.95 Å². The summed E-state index contributed by atoms with van der Waals surface area (Å²) in [5.41, 5.74) is 10.6. The van der Waals surface area contributed by atoms with Gasteiger partial charge in [-0.15, -0.1) is 0 Å². The Kier molecular flexibility index (Phi) is 4.93. The second-order valence-electron chi connectivity index (χ2n) is 8.04. The molecule has 30 heavy (non-hydrogen) atoms. The minimum absolute atomic E-state index is 0.102. The zero-order valence-electron chi connectivity index (χ0n) is 17.2. The van der Waals surface area contributed by atoms with Crippen LogP contribution in [0.25, 0.3) is 5.57 Å². The number of nitrogens with zero attached hydrogens (tertiary/aromatic N) is 4. The Labute approximate surface area is 174 Å². The lowest BCUT2D eigenvalue weighted by molar-refractivity contribution is -0.112. The molecule has 0 saturated carbocycles. The van der Waals surface area contributed by atoms with Crippen LogP contribution in [0.2, 0.25) is 0 Å². The van der Waals surface area contributed by atoms with Gasteiger partial charge in [-0.3, -0.25) is 14.8 Å². The Bertz CT molecular complexity index is 1100. The van der Waals surface area contributed by atoms with Crippen molar-refractivity contribution in [3.8, 4) is 0 Å². The Morgan fingerprint density at radius 2 is 2.00 bits per heavy atom. The summed E-state index contributed by atoms with van der Waals surface area (Å²) in [6.45, 7) is 6.64. The van der Waals surface area contributed by atoms with Crippen molar-refractivity contribution >= 4 is 29.0 Å². The third kappa shape index (κ3) is 3.49. The van der Waals surface area contributed by atoms with Gasteiger partial charge in [-0.25, -0.2) is 14.8 Å². The number of anilines is 1. The molecular weight excluding hydrogens is 382 g/mol. The van der Waals surface area contributed by atoms with E-state index in [1.165, 1.54) is 6.20 Å².